The third kappa shape index (κ3) is 2.02. The van der Waals surface area contributed by atoms with Crippen molar-refractivity contribution in [3.8, 4) is 5.75 Å². The van der Waals surface area contributed by atoms with Gasteiger partial charge < -0.3 is 14.6 Å². The van der Waals surface area contributed by atoms with Crippen LogP contribution in [0.3, 0.4) is 0 Å². The van der Waals surface area contributed by atoms with Crippen molar-refractivity contribution in [1.82, 2.24) is 0 Å². The topological polar surface area (TPSA) is 38.7 Å². The van der Waals surface area contributed by atoms with Crippen molar-refractivity contribution in [2.45, 2.75) is 50.9 Å². The predicted octanol–water partition coefficient (Wildman–Crippen LogP) is 2.40. The summed E-state index contributed by atoms with van der Waals surface area (Å²) in [6, 6.07) is 6.09. The summed E-state index contributed by atoms with van der Waals surface area (Å²) in [4.78, 5) is 0. The molecular formula is C15H20O3. The van der Waals surface area contributed by atoms with Gasteiger partial charge in [0.1, 0.15) is 5.75 Å². The van der Waals surface area contributed by atoms with Gasteiger partial charge in [0.2, 0.25) is 0 Å². The number of hydrogen-bond donors (Lipinski definition) is 1. The first-order chi connectivity index (χ1) is 8.57. The Morgan fingerprint density at radius 3 is 2.67 bits per heavy atom. The molecule has 2 heterocycles. The smallest absolute Gasteiger partial charge is 0.122 e. The SMILES string of the molecule is CC1CC(O)(c2ccc3c(c2)CCO3)CC(C)O1. The van der Waals surface area contributed by atoms with E-state index in [-0.39, 0.29) is 12.2 Å². The Hall–Kier alpha value is -1.06. The number of ether oxygens (including phenoxy) is 2. The molecule has 2 aliphatic rings. The standard InChI is InChI=1S/C15H20O3/c1-10-8-15(16,9-11(2)18-10)13-3-4-14-12(7-13)5-6-17-14/h3-4,7,10-11,16H,5-6,8-9H2,1-2H3. The lowest BCUT2D eigenvalue weighted by Crippen LogP contribution is -2.41. The zero-order valence-electron chi connectivity index (χ0n) is 11.0. The maximum Gasteiger partial charge on any atom is 0.122 e. The number of hydrogen-bond acceptors (Lipinski definition) is 3. The Morgan fingerprint density at radius 2 is 1.94 bits per heavy atom. The lowest BCUT2D eigenvalue weighted by atomic mass is 9.81. The molecule has 1 saturated heterocycles. The van der Waals surface area contributed by atoms with Gasteiger partial charge in [-0.2, -0.15) is 0 Å². The van der Waals surface area contributed by atoms with Gasteiger partial charge in [-0.3, -0.25) is 0 Å². The largest absolute Gasteiger partial charge is 0.493 e. The molecule has 1 aromatic carbocycles. The molecule has 3 rings (SSSR count). The van der Waals surface area contributed by atoms with Gasteiger partial charge in [0.05, 0.1) is 24.4 Å². The van der Waals surface area contributed by atoms with Gasteiger partial charge in [0.25, 0.3) is 0 Å². The van der Waals surface area contributed by atoms with Crippen molar-refractivity contribution in [1.29, 1.82) is 0 Å². The summed E-state index contributed by atoms with van der Waals surface area (Å²) in [6.45, 7) is 4.81. The molecule has 0 aliphatic carbocycles. The first-order valence-electron chi connectivity index (χ1n) is 6.71. The van der Waals surface area contributed by atoms with Crippen LogP contribution in [-0.4, -0.2) is 23.9 Å². The fourth-order valence-corrected chi connectivity index (χ4v) is 3.24. The van der Waals surface area contributed by atoms with E-state index >= 15 is 0 Å². The summed E-state index contributed by atoms with van der Waals surface area (Å²) in [5, 5.41) is 10.9. The van der Waals surface area contributed by atoms with Crippen molar-refractivity contribution >= 4 is 0 Å². The van der Waals surface area contributed by atoms with Crippen LogP contribution in [0.4, 0.5) is 0 Å². The molecular weight excluding hydrogens is 228 g/mol. The highest BCUT2D eigenvalue weighted by atomic mass is 16.5. The van der Waals surface area contributed by atoms with Crippen molar-refractivity contribution in [3.63, 3.8) is 0 Å². The zero-order valence-corrected chi connectivity index (χ0v) is 11.0. The van der Waals surface area contributed by atoms with Crippen LogP contribution in [0.1, 0.15) is 37.8 Å². The van der Waals surface area contributed by atoms with Crippen LogP contribution >= 0.6 is 0 Å². The van der Waals surface area contributed by atoms with Gasteiger partial charge in [-0.1, -0.05) is 6.07 Å². The number of fused-ring (bicyclic) bond motifs is 1. The molecule has 98 valence electrons. The lowest BCUT2D eigenvalue weighted by Gasteiger charge is -2.39. The second kappa shape index (κ2) is 4.25. The average Bonchev–Trinajstić information content (AvgIpc) is 2.73. The average molecular weight is 248 g/mol. The van der Waals surface area contributed by atoms with Gasteiger partial charge in [-0.25, -0.2) is 0 Å². The normalized spacial score (nSPS) is 35.1. The van der Waals surface area contributed by atoms with Crippen LogP contribution < -0.4 is 4.74 Å². The van der Waals surface area contributed by atoms with E-state index < -0.39 is 5.60 Å². The Bertz CT molecular complexity index is 445. The van der Waals surface area contributed by atoms with Gasteiger partial charge in [-0.15, -0.1) is 0 Å². The minimum atomic E-state index is -0.755. The Balaban J connectivity index is 1.93. The molecule has 1 aromatic rings. The molecule has 0 spiro atoms. The number of rotatable bonds is 1. The fraction of sp³-hybridized carbons (Fsp3) is 0.600. The molecule has 18 heavy (non-hydrogen) atoms. The Morgan fingerprint density at radius 1 is 1.22 bits per heavy atom. The van der Waals surface area contributed by atoms with Gasteiger partial charge >= 0.3 is 0 Å². The second-order valence-corrected chi connectivity index (χ2v) is 5.62. The molecule has 2 atom stereocenters. The summed E-state index contributed by atoms with van der Waals surface area (Å²) < 4.78 is 11.2. The second-order valence-electron chi connectivity index (χ2n) is 5.62. The van der Waals surface area contributed by atoms with E-state index in [1.807, 2.05) is 26.0 Å². The van der Waals surface area contributed by atoms with E-state index in [4.69, 9.17) is 9.47 Å². The summed E-state index contributed by atoms with van der Waals surface area (Å²) in [7, 11) is 0. The van der Waals surface area contributed by atoms with E-state index in [0.717, 1.165) is 24.3 Å². The first-order valence-corrected chi connectivity index (χ1v) is 6.71. The third-order valence-corrected chi connectivity index (χ3v) is 3.94. The highest BCUT2D eigenvalue weighted by Gasteiger charge is 2.38. The minimum absolute atomic E-state index is 0.100. The third-order valence-electron chi connectivity index (χ3n) is 3.94. The Kier molecular flexibility index (Phi) is 2.83. The van der Waals surface area contributed by atoms with Crippen molar-refractivity contribution in [3.05, 3.63) is 29.3 Å². The van der Waals surface area contributed by atoms with Crippen LogP contribution in [0.25, 0.3) is 0 Å². The molecule has 1 fully saturated rings. The molecule has 3 nitrogen and oxygen atoms in total. The number of benzene rings is 1. The molecule has 0 saturated carbocycles. The zero-order chi connectivity index (χ0) is 12.8. The number of aliphatic hydroxyl groups is 1. The van der Waals surface area contributed by atoms with Crippen molar-refractivity contribution < 1.29 is 14.6 Å². The van der Waals surface area contributed by atoms with Crippen LogP contribution in [0.2, 0.25) is 0 Å². The van der Waals surface area contributed by atoms with E-state index in [1.54, 1.807) is 0 Å². The fourth-order valence-electron chi connectivity index (χ4n) is 3.24. The van der Waals surface area contributed by atoms with Crippen molar-refractivity contribution in [2.75, 3.05) is 6.61 Å². The summed E-state index contributed by atoms with van der Waals surface area (Å²) >= 11 is 0. The van der Waals surface area contributed by atoms with Crippen LogP contribution in [0, 0.1) is 0 Å². The maximum atomic E-state index is 10.9. The van der Waals surface area contributed by atoms with E-state index in [0.29, 0.717) is 12.8 Å². The molecule has 1 N–H and O–H groups in total. The van der Waals surface area contributed by atoms with E-state index in [2.05, 4.69) is 6.07 Å². The molecule has 2 aliphatic heterocycles. The molecule has 0 radical (unpaired) electrons. The highest BCUT2D eigenvalue weighted by molar-refractivity contribution is 5.41. The first kappa shape index (κ1) is 12.0. The molecule has 3 heteroatoms. The summed E-state index contributed by atoms with van der Waals surface area (Å²) in [5.41, 5.74) is 1.47. The van der Waals surface area contributed by atoms with Crippen molar-refractivity contribution in [2.24, 2.45) is 0 Å². The van der Waals surface area contributed by atoms with Gasteiger partial charge in [0.15, 0.2) is 0 Å². The maximum absolute atomic E-state index is 10.9. The molecule has 2 unspecified atom stereocenters. The quantitative estimate of drug-likeness (QED) is 0.829. The van der Waals surface area contributed by atoms with Crippen LogP contribution in [0.5, 0.6) is 5.75 Å². The van der Waals surface area contributed by atoms with Crippen LogP contribution in [0.15, 0.2) is 18.2 Å². The summed E-state index contributed by atoms with van der Waals surface area (Å²) in [6.07, 6.45) is 2.47. The molecule has 0 bridgehead atoms. The molecule has 0 aromatic heterocycles. The van der Waals surface area contributed by atoms with E-state index in [9.17, 15) is 5.11 Å². The lowest BCUT2D eigenvalue weighted by molar-refractivity contribution is -0.135. The van der Waals surface area contributed by atoms with Gasteiger partial charge in [-0.05, 0) is 37.1 Å². The minimum Gasteiger partial charge on any atom is -0.493 e. The van der Waals surface area contributed by atoms with Gasteiger partial charge in [0, 0.05) is 19.3 Å². The summed E-state index contributed by atoms with van der Waals surface area (Å²) in [5.74, 6) is 0.968. The monoisotopic (exact) mass is 248 g/mol. The highest BCUT2D eigenvalue weighted by Crippen LogP contribution is 2.39. The Labute approximate surface area is 108 Å². The van der Waals surface area contributed by atoms with Crippen LogP contribution in [-0.2, 0) is 16.8 Å². The van der Waals surface area contributed by atoms with E-state index in [1.165, 1.54) is 5.56 Å². The predicted molar refractivity (Wildman–Crippen MR) is 68.8 cm³/mol. The molecule has 0 amide bonds.